The molecule has 24 heavy (non-hydrogen) atoms. The normalized spacial score (nSPS) is 21.4. The van der Waals surface area contributed by atoms with Crippen LogP contribution in [0.5, 0.6) is 0 Å². The van der Waals surface area contributed by atoms with Gasteiger partial charge in [0, 0.05) is 19.0 Å². The largest absolute Gasteiger partial charge is 0.480 e. The van der Waals surface area contributed by atoms with Gasteiger partial charge in [0.05, 0.1) is 11.7 Å². The van der Waals surface area contributed by atoms with Crippen molar-refractivity contribution < 1.29 is 19.4 Å². The van der Waals surface area contributed by atoms with Crippen molar-refractivity contribution in [2.24, 2.45) is 0 Å². The van der Waals surface area contributed by atoms with E-state index in [4.69, 9.17) is 4.74 Å². The van der Waals surface area contributed by atoms with Crippen LogP contribution in [0.4, 0.5) is 0 Å². The number of carbonyl (C=O) groups excluding carboxylic acids is 1. The summed E-state index contributed by atoms with van der Waals surface area (Å²) < 4.78 is 5.86. The van der Waals surface area contributed by atoms with Crippen LogP contribution in [0.1, 0.15) is 38.3 Å². The summed E-state index contributed by atoms with van der Waals surface area (Å²) in [5, 5.41) is 9.40. The van der Waals surface area contributed by atoms with Crippen molar-refractivity contribution in [2.75, 3.05) is 6.54 Å². The van der Waals surface area contributed by atoms with Crippen molar-refractivity contribution in [3.05, 3.63) is 41.5 Å². The van der Waals surface area contributed by atoms with E-state index in [-0.39, 0.29) is 17.6 Å². The molecular weight excluding hydrogens is 306 g/mol. The number of ether oxygens (including phenoxy) is 1. The minimum atomic E-state index is -0.993. The minimum Gasteiger partial charge on any atom is -0.480 e. The highest BCUT2D eigenvalue weighted by molar-refractivity contribution is 5.95. The van der Waals surface area contributed by atoms with Crippen molar-refractivity contribution in [3.63, 3.8) is 0 Å². The number of hydrogen-bond donors (Lipinski definition) is 1. The molecule has 5 heteroatoms. The number of likely N-dealkylation sites (tertiary alicyclic amines) is 1. The fourth-order valence-electron chi connectivity index (χ4n) is 2.89. The number of nitrogens with zero attached hydrogens (tertiary/aromatic N) is 1. The first-order valence-corrected chi connectivity index (χ1v) is 8.12. The summed E-state index contributed by atoms with van der Waals surface area (Å²) in [6.07, 6.45) is 3.23. The van der Waals surface area contributed by atoms with Gasteiger partial charge in [-0.2, -0.15) is 0 Å². The van der Waals surface area contributed by atoms with Gasteiger partial charge in [0.15, 0.2) is 0 Å². The first kappa shape index (κ1) is 18.2. The molecule has 1 heterocycles. The number of aryl methyl sites for hydroxylation is 1. The Kier molecular flexibility index (Phi) is 5.44. The number of carboxylic acids is 1. The molecule has 2 rings (SSSR count). The highest BCUT2D eigenvalue weighted by Gasteiger charge is 2.40. The molecule has 0 aliphatic carbocycles. The van der Waals surface area contributed by atoms with E-state index in [0.29, 0.717) is 13.0 Å². The van der Waals surface area contributed by atoms with Crippen LogP contribution in [-0.2, 0) is 14.3 Å². The third-order valence-electron chi connectivity index (χ3n) is 3.94. The summed E-state index contributed by atoms with van der Waals surface area (Å²) in [4.78, 5) is 25.3. The van der Waals surface area contributed by atoms with Crippen molar-refractivity contribution >= 4 is 18.0 Å². The number of hydrogen-bond acceptors (Lipinski definition) is 3. The zero-order chi connectivity index (χ0) is 17.9. The average molecular weight is 331 g/mol. The van der Waals surface area contributed by atoms with Crippen LogP contribution >= 0.6 is 0 Å². The van der Waals surface area contributed by atoms with E-state index in [2.05, 4.69) is 0 Å². The molecule has 1 saturated heterocycles. The monoisotopic (exact) mass is 331 g/mol. The lowest BCUT2D eigenvalue weighted by atomic mass is 10.1. The molecule has 0 unspecified atom stereocenters. The van der Waals surface area contributed by atoms with E-state index in [1.165, 1.54) is 11.0 Å². The molecule has 130 valence electrons. The zero-order valence-electron chi connectivity index (χ0n) is 14.7. The lowest BCUT2D eigenvalue weighted by molar-refractivity contribution is -0.146. The Balaban J connectivity index is 2.11. The molecule has 1 aromatic carbocycles. The maximum absolute atomic E-state index is 12.5. The summed E-state index contributed by atoms with van der Waals surface area (Å²) in [6, 6.07) is 6.88. The number of carboxylic acid groups (broad SMARTS) is 1. The molecule has 0 saturated carbocycles. The number of amides is 1. The lowest BCUT2D eigenvalue weighted by Gasteiger charge is -2.24. The van der Waals surface area contributed by atoms with E-state index in [1.807, 2.05) is 52.0 Å². The van der Waals surface area contributed by atoms with Gasteiger partial charge in [0.1, 0.15) is 6.04 Å². The number of aliphatic carboxylic acids is 1. The Bertz CT molecular complexity index is 645. The SMILES string of the molecule is Cc1ccccc1/C=C/C(=O)N1C[C@H](OC(C)(C)C)C[C@H]1C(=O)O. The maximum Gasteiger partial charge on any atom is 0.326 e. The van der Waals surface area contributed by atoms with Gasteiger partial charge < -0.3 is 14.7 Å². The number of carbonyl (C=O) groups is 2. The molecule has 1 amide bonds. The fraction of sp³-hybridized carbons (Fsp3) is 0.474. The molecular formula is C19H25NO4. The van der Waals surface area contributed by atoms with Gasteiger partial charge in [-0.05, 0) is 44.9 Å². The van der Waals surface area contributed by atoms with Gasteiger partial charge in [0.2, 0.25) is 5.91 Å². The van der Waals surface area contributed by atoms with Gasteiger partial charge in [0.25, 0.3) is 0 Å². The van der Waals surface area contributed by atoms with E-state index in [0.717, 1.165) is 11.1 Å². The molecule has 0 radical (unpaired) electrons. The molecule has 1 aromatic rings. The number of rotatable bonds is 4. The van der Waals surface area contributed by atoms with Crippen LogP contribution in [0.15, 0.2) is 30.3 Å². The van der Waals surface area contributed by atoms with Crippen molar-refractivity contribution in [3.8, 4) is 0 Å². The highest BCUT2D eigenvalue weighted by atomic mass is 16.5. The van der Waals surface area contributed by atoms with E-state index in [9.17, 15) is 14.7 Å². The zero-order valence-corrected chi connectivity index (χ0v) is 14.7. The predicted octanol–water partition coefficient (Wildman–Crippen LogP) is 2.88. The smallest absolute Gasteiger partial charge is 0.326 e. The first-order valence-electron chi connectivity index (χ1n) is 8.12. The molecule has 0 spiro atoms. The van der Waals surface area contributed by atoms with Crippen LogP contribution in [-0.4, -0.2) is 46.2 Å². The van der Waals surface area contributed by atoms with Crippen LogP contribution in [0.2, 0.25) is 0 Å². The topological polar surface area (TPSA) is 66.8 Å². The Morgan fingerprint density at radius 2 is 1.96 bits per heavy atom. The minimum absolute atomic E-state index is 0.262. The Labute approximate surface area is 142 Å². The van der Waals surface area contributed by atoms with Crippen molar-refractivity contribution in [1.29, 1.82) is 0 Å². The van der Waals surface area contributed by atoms with Crippen molar-refractivity contribution in [1.82, 2.24) is 4.90 Å². The molecule has 2 atom stereocenters. The fourth-order valence-corrected chi connectivity index (χ4v) is 2.89. The highest BCUT2D eigenvalue weighted by Crippen LogP contribution is 2.25. The van der Waals surface area contributed by atoms with Gasteiger partial charge in [-0.15, -0.1) is 0 Å². The molecule has 0 bridgehead atoms. The second kappa shape index (κ2) is 7.18. The summed E-state index contributed by atoms with van der Waals surface area (Å²) in [5.41, 5.74) is 1.63. The molecule has 1 aliphatic rings. The third-order valence-corrected chi connectivity index (χ3v) is 3.94. The second-order valence-corrected chi connectivity index (χ2v) is 7.12. The molecule has 0 aromatic heterocycles. The predicted molar refractivity (Wildman–Crippen MR) is 92.6 cm³/mol. The Morgan fingerprint density at radius 1 is 1.29 bits per heavy atom. The molecule has 1 N–H and O–H groups in total. The van der Waals surface area contributed by atoms with Gasteiger partial charge in [-0.3, -0.25) is 4.79 Å². The maximum atomic E-state index is 12.5. The molecule has 1 aliphatic heterocycles. The van der Waals surface area contributed by atoms with Crippen LogP contribution in [0, 0.1) is 6.92 Å². The quantitative estimate of drug-likeness (QED) is 0.862. The van der Waals surface area contributed by atoms with Crippen LogP contribution < -0.4 is 0 Å². The van der Waals surface area contributed by atoms with E-state index in [1.54, 1.807) is 6.08 Å². The summed E-state index contributed by atoms with van der Waals surface area (Å²) in [7, 11) is 0. The summed E-state index contributed by atoms with van der Waals surface area (Å²) in [6.45, 7) is 8.03. The van der Waals surface area contributed by atoms with E-state index < -0.39 is 12.0 Å². The average Bonchev–Trinajstić information content (AvgIpc) is 2.88. The van der Waals surface area contributed by atoms with Gasteiger partial charge in [-0.25, -0.2) is 4.79 Å². The molecule has 5 nitrogen and oxygen atoms in total. The summed E-state index contributed by atoms with van der Waals surface area (Å²) >= 11 is 0. The van der Waals surface area contributed by atoms with Gasteiger partial charge in [-0.1, -0.05) is 24.3 Å². The third kappa shape index (κ3) is 4.68. The standard InChI is InChI=1S/C19H25NO4/c1-13-7-5-6-8-14(13)9-10-17(21)20-12-15(24-19(2,3)4)11-16(20)18(22)23/h5-10,15-16H,11-12H2,1-4H3,(H,22,23)/b10-9+/t15-,16+/m1/s1. The Hall–Kier alpha value is -2.14. The van der Waals surface area contributed by atoms with E-state index >= 15 is 0 Å². The van der Waals surface area contributed by atoms with Crippen LogP contribution in [0.25, 0.3) is 6.08 Å². The Morgan fingerprint density at radius 3 is 2.54 bits per heavy atom. The summed E-state index contributed by atoms with van der Waals surface area (Å²) in [5.74, 6) is -1.29. The first-order chi connectivity index (χ1) is 11.2. The molecule has 1 fully saturated rings. The van der Waals surface area contributed by atoms with Crippen LogP contribution in [0.3, 0.4) is 0 Å². The van der Waals surface area contributed by atoms with Crippen molar-refractivity contribution in [2.45, 2.75) is 51.9 Å². The van der Waals surface area contributed by atoms with Gasteiger partial charge >= 0.3 is 5.97 Å². The second-order valence-electron chi connectivity index (χ2n) is 7.12. The number of benzene rings is 1. The lowest BCUT2D eigenvalue weighted by Crippen LogP contribution is -2.39.